The maximum absolute atomic E-state index is 9.52. The van der Waals surface area contributed by atoms with Crippen molar-refractivity contribution in [3.8, 4) is 6.07 Å². The third kappa shape index (κ3) is 1.67. The highest BCUT2D eigenvalue weighted by atomic mass is 35.5. The fraction of sp³-hybridized carbons (Fsp3) is 0.533. The number of benzene rings is 1. The van der Waals surface area contributed by atoms with Crippen LogP contribution in [0, 0.1) is 16.7 Å². The average molecular weight is 246 g/mol. The molecule has 0 aliphatic heterocycles. The zero-order valence-corrected chi connectivity index (χ0v) is 10.6. The Hall–Kier alpha value is -1.00. The van der Waals surface area contributed by atoms with Crippen LogP contribution in [0.15, 0.2) is 24.3 Å². The molecule has 0 amide bonds. The van der Waals surface area contributed by atoms with E-state index in [2.05, 4.69) is 6.07 Å². The summed E-state index contributed by atoms with van der Waals surface area (Å²) >= 11 is 5.90. The summed E-state index contributed by atoms with van der Waals surface area (Å²) in [4.78, 5) is 0. The molecule has 0 heterocycles. The molecule has 1 aromatic rings. The minimum absolute atomic E-state index is 0.227. The molecule has 0 aromatic heterocycles. The first kappa shape index (κ1) is 11.1. The number of nitrogens with zero attached hydrogens (tertiary/aromatic N) is 1. The van der Waals surface area contributed by atoms with Gasteiger partial charge in [-0.25, -0.2) is 0 Å². The van der Waals surface area contributed by atoms with Gasteiger partial charge < -0.3 is 0 Å². The topological polar surface area (TPSA) is 23.8 Å². The van der Waals surface area contributed by atoms with E-state index in [-0.39, 0.29) is 5.41 Å². The fourth-order valence-corrected chi connectivity index (χ4v) is 3.95. The second-order valence-corrected chi connectivity index (χ2v) is 6.20. The van der Waals surface area contributed by atoms with Crippen molar-refractivity contribution in [2.75, 3.05) is 0 Å². The van der Waals surface area contributed by atoms with Crippen LogP contribution in [0.1, 0.15) is 44.1 Å². The summed E-state index contributed by atoms with van der Waals surface area (Å²) in [5.74, 6) is 0. The number of hydrogen-bond acceptors (Lipinski definition) is 1. The Balaban J connectivity index is 1.86. The van der Waals surface area contributed by atoms with Gasteiger partial charge in [0.15, 0.2) is 0 Å². The average Bonchev–Trinajstić information content (AvgIpc) is 2.76. The molecule has 2 aliphatic carbocycles. The molecule has 2 aliphatic rings. The Morgan fingerprint density at radius 2 is 1.65 bits per heavy atom. The van der Waals surface area contributed by atoms with Gasteiger partial charge in [0.25, 0.3) is 0 Å². The van der Waals surface area contributed by atoms with E-state index in [4.69, 9.17) is 11.6 Å². The summed E-state index contributed by atoms with van der Waals surface area (Å²) in [5, 5.41) is 10.3. The van der Waals surface area contributed by atoms with Gasteiger partial charge in [-0.15, -0.1) is 0 Å². The number of rotatable bonds is 1. The third-order valence-electron chi connectivity index (χ3n) is 4.63. The molecule has 3 rings (SSSR count). The van der Waals surface area contributed by atoms with Gasteiger partial charge in [0.05, 0.1) is 11.5 Å². The Labute approximate surface area is 107 Å². The van der Waals surface area contributed by atoms with Crippen LogP contribution >= 0.6 is 11.6 Å². The van der Waals surface area contributed by atoms with Gasteiger partial charge in [0, 0.05) is 5.02 Å². The van der Waals surface area contributed by atoms with Crippen LogP contribution < -0.4 is 0 Å². The summed E-state index contributed by atoms with van der Waals surface area (Å²) in [5.41, 5.74) is 1.42. The Bertz CT molecular complexity index is 455. The quantitative estimate of drug-likeness (QED) is 0.717. The van der Waals surface area contributed by atoms with Crippen LogP contribution in [0.4, 0.5) is 0 Å². The zero-order chi connectivity index (χ0) is 11.9. The van der Waals surface area contributed by atoms with E-state index in [1.807, 2.05) is 24.3 Å². The highest BCUT2D eigenvalue weighted by Crippen LogP contribution is 2.62. The van der Waals surface area contributed by atoms with E-state index in [0.717, 1.165) is 23.4 Å². The van der Waals surface area contributed by atoms with Crippen molar-refractivity contribution in [1.82, 2.24) is 0 Å². The van der Waals surface area contributed by atoms with Gasteiger partial charge in [0.2, 0.25) is 0 Å². The van der Waals surface area contributed by atoms with Crippen molar-refractivity contribution in [1.29, 1.82) is 5.26 Å². The summed E-state index contributed by atoms with van der Waals surface area (Å²) < 4.78 is 0. The maximum atomic E-state index is 9.52. The molecule has 0 radical (unpaired) electrons. The number of nitriles is 1. The molecule has 17 heavy (non-hydrogen) atoms. The minimum atomic E-state index is -0.227. The molecule has 0 N–H and O–H groups in total. The third-order valence-corrected chi connectivity index (χ3v) is 4.88. The van der Waals surface area contributed by atoms with E-state index < -0.39 is 0 Å². The Morgan fingerprint density at radius 1 is 1.06 bits per heavy atom. The van der Waals surface area contributed by atoms with Crippen LogP contribution in [0.3, 0.4) is 0 Å². The monoisotopic (exact) mass is 245 g/mol. The van der Waals surface area contributed by atoms with Gasteiger partial charge in [-0.1, -0.05) is 36.6 Å². The molecule has 2 saturated carbocycles. The molecule has 0 saturated heterocycles. The first-order valence-corrected chi connectivity index (χ1v) is 6.73. The fourth-order valence-electron chi connectivity index (χ4n) is 3.82. The standard InChI is InChI=1S/C15H16ClN/c16-13-5-3-12(4-6-13)15(11-17)9-14(10-15)7-1-2-8-14/h3-6H,1-2,7-10H2. The van der Waals surface area contributed by atoms with Crippen molar-refractivity contribution in [2.24, 2.45) is 5.41 Å². The van der Waals surface area contributed by atoms with Crippen LogP contribution in [-0.2, 0) is 5.41 Å². The molecule has 1 spiro atoms. The van der Waals surface area contributed by atoms with Crippen LogP contribution in [0.2, 0.25) is 5.02 Å². The number of hydrogen-bond donors (Lipinski definition) is 0. The Kier molecular flexibility index (Phi) is 2.45. The van der Waals surface area contributed by atoms with Crippen molar-refractivity contribution in [3.63, 3.8) is 0 Å². The molecule has 1 aromatic carbocycles. The molecule has 0 unspecified atom stereocenters. The Morgan fingerprint density at radius 3 is 2.18 bits per heavy atom. The van der Waals surface area contributed by atoms with Crippen LogP contribution in [0.5, 0.6) is 0 Å². The van der Waals surface area contributed by atoms with E-state index in [1.54, 1.807) is 0 Å². The second-order valence-electron chi connectivity index (χ2n) is 5.76. The van der Waals surface area contributed by atoms with Crippen LogP contribution in [0.25, 0.3) is 0 Å². The van der Waals surface area contributed by atoms with E-state index in [1.165, 1.54) is 25.7 Å². The second kappa shape index (κ2) is 3.75. The molecular formula is C15H16ClN. The predicted octanol–water partition coefficient (Wildman–Crippen LogP) is 4.46. The van der Waals surface area contributed by atoms with Crippen molar-refractivity contribution in [3.05, 3.63) is 34.9 Å². The molecule has 0 atom stereocenters. The van der Waals surface area contributed by atoms with E-state index >= 15 is 0 Å². The normalized spacial score (nSPS) is 24.2. The first-order chi connectivity index (χ1) is 8.18. The smallest absolute Gasteiger partial charge is 0.0833 e. The predicted molar refractivity (Wildman–Crippen MR) is 68.9 cm³/mol. The summed E-state index contributed by atoms with van der Waals surface area (Å²) in [6.07, 6.45) is 7.45. The highest BCUT2D eigenvalue weighted by molar-refractivity contribution is 6.30. The van der Waals surface area contributed by atoms with Gasteiger partial charge in [-0.2, -0.15) is 5.26 Å². The SMILES string of the molecule is N#CC1(c2ccc(Cl)cc2)CC2(CCCC2)C1. The van der Waals surface area contributed by atoms with Gasteiger partial charge in [-0.05, 0) is 48.8 Å². The number of halogens is 1. The lowest BCUT2D eigenvalue weighted by Gasteiger charge is -2.51. The lowest BCUT2D eigenvalue weighted by atomic mass is 9.50. The summed E-state index contributed by atoms with van der Waals surface area (Å²) in [7, 11) is 0. The largest absolute Gasteiger partial charge is 0.197 e. The zero-order valence-electron chi connectivity index (χ0n) is 9.88. The van der Waals surface area contributed by atoms with Gasteiger partial charge in [0.1, 0.15) is 0 Å². The molecule has 1 nitrogen and oxygen atoms in total. The summed E-state index contributed by atoms with van der Waals surface area (Å²) in [6.45, 7) is 0. The van der Waals surface area contributed by atoms with Crippen molar-refractivity contribution < 1.29 is 0 Å². The molecular weight excluding hydrogens is 230 g/mol. The molecule has 88 valence electrons. The lowest BCUT2D eigenvalue weighted by molar-refractivity contribution is 0.0648. The molecule has 2 heteroatoms. The summed E-state index contributed by atoms with van der Waals surface area (Å²) in [6, 6.07) is 10.4. The first-order valence-electron chi connectivity index (χ1n) is 6.36. The molecule has 2 fully saturated rings. The molecule has 0 bridgehead atoms. The van der Waals surface area contributed by atoms with Crippen molar-refractivity contribution in [2.45, 2.75) is 43.9 Å². The highest BCUT2D eigenvalue weighted by Gasteiger charge is 2.56. The lowest BCUT2D eigenvalue weighted by Crippen LogP contribution is -2.47. The van der Waals surface area contributed by atoms with E-state index in [0.29, 0.717) is 5.41 Å². The van der Waals surface area contributed by atoms with Crippen LogP contribution in [-0.4, -0.2) is 0 Å². The maximum Gasteiger partial charge on any atom is 0.0833 e. The van der Waals surface area contributed by atoms with Gasteiger partial charge >= 0.3 is 0 Å². The van der Waals surface area contributed by atoms with Crippen molar-refractivity contribution >= 4 is 11.6 Å². The van der Waals surface area contributed by atoms with Gasteiger partial charge in [-0.3, -0.25) is 0 Å². The minimum Gasteiger partial charge on any atom is -0.197 e. The van der Waals surface area contributed by atoms with E-state index in [9.17, 15) is 5.26 Å².